The predicted octanol–water partition coefficient (Wildman–Crippen LogP) is 1.92. The Bertz CT molecular complexity index is 503. The third kappa shape index (κ3) is 3.66. The smallest absolute Gasteiger partial charge is 0.158 e. The van der Waals surface area contributed by atoms with Crippen molar-refractivity contribution in [2.24, 2.45) is 0 Å². The summed E-state index contributed by atoms with van der Waals surface area (Å²) in [5.41, 5.74) is 0.863. The second kappa shape index (κ2) is 6.50. The van der Waals surface area contributed by atoms with Gasteiger partial charge >= 0.3 is 0 Å². The van der Waals surface area contributed by atoms with E-state index < -0.39 is 0 Å². The summed E-state index contributed by atoms with van der Waals surface area (Å²) < 4.78 is 18.5. The maximum absolute atomic E-state index is 12.8. The van der Waals surface area contributed by atoms with E-state index in [4.69, 9.17) is 9.52 Å². The van der Waals surface area contributed by atoms with Gasteiger partial charge in [-0.1, -0.05) is 6.92 Å². The highest BCUT2D eigenvalue weighted by Crippen LogP contribution is 2.21. The van der Waals surface area contributed by atoms with Crippen LogP contribution < -0.4 is 5.32 Å². The van der Waals surface area contributed by atoms with Gasteiger partial charge in [-0.15, -0.1) is 0 Å². The van der Waals surface area contributed by atoms with Crippen LogP contribution in [0.3, 0.4) is 0 Å². The highest BCUT2D eigenvalue weighted by Gasteiger charge is 2.10. The molecule has 102 valence electrons. The number of furan rings is 1. The lowest BCUT2D eigenvalue weighted by Crippen LogP contribution is -2.89. The zero-order valence-electron chi connectivity index (χ0n) is 11.0. The highest BCUT2D eigenvalue weighted by molar-refractivity contribution is 5.57. The zero-order valence-corrected chi connectivity index (χ0v) is 11.0. The molecule has 0 spiro atoms. The fourth-order valence-corrected chi connectivity index (χ4v) is 1.91. The quantitative estimate of drug-likeness (QED) is 0.837. The molecule has 1 heterocycles. The third-order valence-corrected chi connectivity index (χ3v) is 3.20. The molecule has 0 fully saturated rings. The first kappa shape index (κ1) is 13.8. The lowest BCUT2D eigenvalue weighted by molar-refractivity contribution is -0.707. The molecule has 19 heavy (non-hydrogen) atoms. The number of quaternary nitrogens is 1. The summed E-state index contributed by atoms with van der Waals surface area (Å²) in [6, 6.07) is 10.2. The van der Waals surface area contributed by atoms with E-state index in [9.17, 15) is 4.39 Å². The van der Waals surface area contributed by atoms with Gasteiger partial charge in [-0.25, -0.2) is 4.39 Å². The summed E-state index contributed by atoms with van der Waals surface area (Å²) in [5.74, 6) is 1.34. The predicted molar refractivity (Wildman–Crippen MR) is 70.9 cm³/mol. The van der Waals surface area contributed by atoms with Crippen LogP contribution in [0, 0.1) is 5.82 Å². The molecule has 1 atom stereocenters. The van der Waals surface area contributed by atoms with E-state index in [2.05, 4.69) is 5.32 Å². The summed E-state index contributed by atoms with van der Waals surface area (Å²) in [6.45, 7) is 2.91. The van der Waals surface area contributed by atoms with Crippen molar-refractivity contribution in [3.63, 3.8) is 0 Å². The molecule has 2 rings (SSSR count). The molecule has 4 heteroatoms. The van der Waals surface area contributed by atoms with Crippen molar-refractivity contribution < 1.29 is 19.2 Å². The van der Waals surface area contributed by atoms with Crippen LogP contribution in [0.15, 0.2) is 40.8 Å². The lowest BCUT2D eigenvalue weighted by Gasteiger charge is -2.08. The zero-order chi connectivity index (χ0) is 13.7. The first-order valence-corrected chi connectivity index (χ1v) is 6.51. The van der Waals surface area contributed by atoms with E-state index in [-0.39, 0.29) is 18.5 Å². The van der Waals surface area contributed by atoms with E-state index in [0.717, 1.165) is 23.5 Å². The Morgan fingerprint density at radius 3 is 2.58 bits per heavy atom. The number of aliphatic hydroxyl groups is 1. The van der Waals surface area contributed by atoms with Gasteiger partial charge in [0.2, 0.25) is 0 Å². The molecule has 0 unspecified atom stereocenters. The van der Waals surface area contributed by atoms with Crippen molar-refractivity contribution in [2.75, 3.05) is 6.61 Å². The highest BCUT2D eigenvalue weighted by atomic mass is 19.1. The van der Waals surface area contributed by atoms with Crippen LogP contribution >= 0.6 is 0 Å². The van der Waals surface area contributed by atoms with Crippen molar-refractivity contribution in [1.29, 1.82) is 0 Å². The topological polar surface area (TPSA) is 50.0 Å². The summed E-state index contributed by atoms with van der Waals surface area (Å²) in [7, 11) is 0. The standard InChI is InChI=1S/C15H18FNO2/c1-2-13(10-18)17-9-14-7-8-15(19-14)11-3-5-12(16)6-4-11/h3-8,13,17-18H,2,9-10H2,1H3/p+1/t13-/m1/s1. The van der Waals surface area contributed by atoms with Crippen LogP contribution in [-0.4, -0.2) is 17.8 Å². The average molecular weight is 264 g/mol. The van der Waals surface area contributed by atoms with Gasteiger partial charge in [-0.3, -0.25) is 0 Å². The number of rotatable bonds is 6. The van der Waals surface area contributed by atoms with Gasteiger partial charge in [0, 0.05) is 5.56 Å². The molecule has 0 bridgehead atoms. The molecular formula is C15H19FNO2+. The van der Waals surface area contributed by atoms with Gasteiger partial charge in [-0.05, 0) is 42.8 Å². The van der Waals surface area contributed by atoms with E-state index in [0.29, 0.717) is 6.54 Å². The molecule has 3 N–H and O–H groups in total. The van der Waals surface area contributed by atoms with E-state index >= 15 is 0 Å². The van der Waals surface area contributed by atoms with Crippen molar-refractivity contribution in [1.82, 2.24) is 0 Å². The lowest BCUT2D eigenvalue weighted by atomic mass is 10.2. The monoisotopic (exact) mass is 264 g/mol. The van der Waals surface area contributed by atoms with Crippen LogP contribution in [0.1, 0.15) is 19.1 Å². The maximum atomic E-state index is 12.8. The molecule has 0 aliphatic heterocycles. The van der Waals surface area contributed by atoms with Crippen molar-refractivity contribution in [2.45, 2.75) is 25.9 Å². The van der Waals surface area contributed by atoms with Crippen LogP contribution in [0.2, 0.25) is 0 Å². The van der Waals surface area contributed by atoms with Crippen LogP contribution in [0.25, 0.3) is 11.3 Å². The number of hydrogen-bond donors (Lipinski definition) is 2. The Balaban J connectivity index is 2.01. The van der Waals surface area contributed by atoms with Gasteiger partial charge in [-0.2, -0.15) is 0 Å². The summed E-state index contributed by atoms with van der Waals surface area (Å²) >= 11 is 0. The van der Waals surface area contributed by atoms with Crippen LogP contribution in [0.5, 0.6) is 0 Å². The van der Waals surface area contributed by atoms with Gasteiger partial charge in [0.25, 0.3) is 0 Å². The summed E-state index contributed by atoms with van der Waals surface area (Å²) in [6.07, 6.45) is 0.919. The minimum atomic E-state index is -0.252. The number of aliphatic hydroxyl groups excluding tert-OH is 1. The Labute approximate surface area is 112 Å². The van der Waals surface area contributed by atoms with E-state index in [1.54, 1.807) is 12.1 Å². The molecule has 0 saturated heterocycles. The number of nitrogens with two attached hydrogens (primary N) is 1. The molecule has 0 aliphatic rings. The van der Waals surface area contributed by atoms with Crippen molar-refractivity contribution in [3.05, 3.63) is 48.0 Å². The Hall–Kier alpha value is -1.65. The van der Waals surface area contributed by atoms with E-state index in [1.807, 2.05) is 19.1 Å². The Morgan fingerprint density at radius 1 is 1.21 bits per heavy atom. The second-order valence-electron chi connectivity index (χ2n) is 4.56. The number of halogens is 1. The van der Waals surface area contributed by atoms with Crippen molar-refractivity contribution in [3.8, 4) is 11.3 Å². The molecule has 1 aromatic carbocycles. The molecular weight excluding hydrogens is 245 g/mol. The minimum Gasteiger partial charge on any atom is -0.455 e. The molecule has 2 aromatic rings. The van der Waals surface area contributed by atoms with Gasteiger partial charge in [0.05, 0.1) is 6.61 Å². The fraction of sp³-hybridized carbons (Fsp3) is 0.333. The van der Waals surface area contributed by atoms with Gasteiger partial charge in [0.1, 0.15) is 24.2 Å². The summed E-state index contributed by atoms with van der Waals surface area (Å²) in [4.78, 5) is 0. The molecule has 0 saturated carbocycles. The largest absolute Gasteiger partial charge is 0.455 e. The average Bonchev–Trinajstić information content (AvgIpc) is 2.89. The molecule has 1 aromatic heterocycles. The summed E-state index contributed by atoms with van der Waals surface area (Å²) in [5, 5.41) is 11.2. The third-order valence-electron chi connectivity index (χ3n) is 3.20. The molecule has 0 amide bonds. The normalized spacial score (nSPS) is 12.6. The van der Waals surface area contributed by atoms with Crippen LogP contribution in [-0.2, 0) is 6.54 Å². The maximum Gasteiger partial charge on any atom is 0.158 e. The minimum absolute atomic E-state index is 0.169. The SMILES string of the molecule is CC[C@H](CO)[NH2+]Cc1ccc(-c2ccc(F)cc2)o1. The number of benzene rings is 1. The molecule has 3 nitrogen and oxygen atoms in total. The van der Waals surface area contributed by atoms with Crippen LogP contribution in [0.4, 0.5) is 4.39 Å². The van der Waals surface area contributed by atoms with E-state index in [1.165, 1.54) is 12.1 Å². The second-order valence-corrected chi connectivity index (χ2v) is 4.56. The molecule has 0 radical (unpaired) electrons. The molecule has 0 aliphatic carbocycles. The first-order chi connectivity index (χ1) is 9.22. The van der Waals surface area contributed by atoms with Crippen molar-refractivity contribution >= 4 is 0 Å². The Morgan fingerprint density at radius 2 is 1.95 bits per heavy atom. The van der Waals surface area contributed by atoms with Gasteiger partial charge < -0.3 is 14.8 Å². The Kier molecular flexibility index (Phi) is 4.71. The van der Waals surface area contributed by atoms with Gasteiger partial charge in [0.15, 0.2) is 5.76 Å². The first-order valence-electron chi connectivity index (χ1n) is 6.51. The number of hydrogen-bond acceptors (Lipinski definition) is 2. The fourth-order valence-electron chi connectivity index (χ4n) is 1.91.